The third-order valence-electron chi connectivity index (χ3n) is 5.77. The summed E-state index contributed by atoms with van der Waals surface area (Å²) >= 11 is 0. The van der Waals surface area contributed by atoms with Crippen molar-refractivity contribution in [1.29, 1.82) is 0 Å². The van der Waals surface area contributed by atoms with Gasteiger partial charge in [0.25, 0.3) is 0 Å². The lowest BCUT2D eigenvalue weighted by molar-refractivity contribution is -0.191. The van der Waals surface area contributed by atoms with Gasteiger partial charge in [-0.05, 0) is 43.2 Å². The maximum absolute atomic E-state index is 10.6. The molecule has 28 heavy (non-hydrogen) atoms. The minimum atomic E-state index is -0.372. The quantitative estimate of drug-likeness (QED) is 0.340. The minimum absolute atomic E-state index is 0.0622. The van der Waals surface area contributed by atoms with Crippen molar-refractivity contribution < 1.29 is 14.6 Å². The van der Waals surface area contributed by atoms with E-state index in [1.807, 2.05) is 0 Å². The summed E-state index contributed by atoms with van der Waals surface area (Å²) < 4.78 is 12.2. The van der Waals surface area contributed by atoms with E-state index in [1.165, 1.54) is 56.9 Å². The Kier molecular flexibility index (Phi) is 11.8. The van der Waals surface area contributed by atoms with E-state index in [0.29, 0.717) is 0 Å². The Morgan fingerprint density at radius 1 is 0.964 bits per heavy atom. The van der Waals surface area contributed by atoms with Gasteiger partial charge in [-0.1, -0.05) is 89.5 Å². The number of ether oxygens (including phenoxy) is 2. The molecule has 1 N–H and O–H groups in total. The molecule has 3 atom stereocenters. The fourth-order valence-electron chi connectivity index (χ4n) is 3.97. The zero-order valence-electron chi connectivity index (χ0n) is 18.2. The van der Waals surface area contributed by atoms with Gasteiger partial charge in [0.1, 0.15) is 0 Å². The second-order valence-corrected chi connectivity index (χ2v) is 8.31. The molecule has 3 unspecified atom stereocenters. The summed E-state index contributed by atoms with van der Waals surface area (Å²) in [5.74, 6) is 0. The summed E-state index contributed by atoms with van der Waals surface area (Å²) in [5.41, 5.74) is 2.22. The van der Waals surface area contributed by atoms with Crippen molar-refractivity contribution in [3.8, 4) is 0 Å². The smallest absolute Gasteiger partial charge is 0.158 e. The molecule has 0 bridgehead atoms. The van der Waals surface area contributed by atoms with Gasteiger partial charge < -0.3 is 14.6 Å². The van der Waals surface area contributed by atoms with Crippen molar-refractivity contribution >= 4 is 0 Å². The summed E-state index contributed by atoms with van der Waals surface area (Å²) in [5, 5.41) is 10.6. The molecular weight excluding hydrogens is 348 g/mol. The Labute approximate surface area is 172 Å². The van der Waals surface area contributed by atoms with Crippen molar-refractivity contribution in [3.05, 3.63) is 35.4 Å². The molecule has 1 saturated heterocycles. The van der Waals surface area contributed by atoms with E-state index in [-0.39, 0.29) is 18.5 Å². The first kappa shape index (κ1) is 23.4. The molecule has 160 valence electrons. The van der Waals surface area contributed by atoms with E-state index < -0.39 is 0 Å². The van der Waals surface area contributed by atoms with Crippen molar-refractivity contribution in [3.63, 3.8) is 0 Å². The first-order valence-electron chi connectivity index (χ1n) is 11.8. The van der Waals surface area contributed by atoms with Gasteiger partial charge in [-0.2, -0.15) is 0 Å². The highest BCUT2D eigenvalue weighted by atomic mass is 16.7. The topological polar surface area (TPSA) is 38.7 Å². The van der Waals surface area contributed by atoms with Crippen LogP contribution in [0.1, 0.15) is 121 Å². The van der Waals surface area contributed by atoms with Crippen molar-refractivity contribution in [1.82, 2.24) is 0 Å². The van der Waals surface area contributed by atoms with E-state index in [9.17, 15) is 5.11 Å². The molecule has 3 heteroatoms. The minimum Gasteiger partial charge on any atom is -0.388 e. The maximum atomic E-state index is 10.6. The van der Waals surface area contributed by atoms with Crippen LogP contribution in [0, 0.1) is 0 Å². The van der Waals surface area contributed by atoms with Crippen LogP contribution in [0.25, 0.3) is 0 Å². The molecule has 1 aromatic carbocycles. The Hall–Kier alpha value is -0.900. The summed E-state index contributed by atoms with van der Waals surface area (Å²) in [4.78, 5) is 0. The third kappa shape index (κ3) is 8.63. The maximum Gasteiger partial charge on any atom is 0.158 e. The number of aliphatic hydroxyl groups excluding tert-OH is 1. The Morgan fingerprint density at radius 3 is 2.36 bits per heavy atom. The van der Waals surface area contributed by atoms with Crippen LogP contribution in [-0.2, 0) is 9.47 Å². The first-order chi connectivity index (χ1) is 13.7. The molecule has 3 nitrogen and oxygen atoms in total. The zero-order valence-corrected chi connectivity index (χ0v) is 18.2. The summed E-state index contributed by atoms with van der Waals surface area (Å²) in [7, 11) is 0. The third-order valence-corrected chi connectivity index (χ3v) is 5.77. The summed E-state index contributed by atoms with van der Waals surface area (Å²) in [6, 6.07) is 8.45. The van der Waals surface area contributed by atoms with Gasteiger partial charge in [0.2, 0.25) is 0 Å². The number of hydrogen-bond donors (Lipinski definition) is 1. The normalized spacial score (nSPS) is 19.5. The van der Waals surface area contributed by atoms with Crippen molar-refractivity contribution in [2.45, 2.75) is 116 Å². The van der Waals surface area contributed by atoms with Crippen molar-refractivity contribution in [2.24, 2.45) is 0 Å². The van der Waals surface area contributed by atoms with E-state index in [1.54, 1.807) is 0 Å². The van der Waals surface area contributed by atoms with Crippen LogP contribution in [0.15, 0.2) is 24.3 Å². The second-order valence-electron chi connectivity index (χ2n) is 8.31. The molecule has 1 heterocycles. The van der Waals surface area contributed by atoms with Crippen LogP contribution in [0.2, 0.25) is 0 Å². The van der Waals surface area contributed by atoms with Crippen LogP contribution >= 0.6 is 0 Å². The zero-order chi connectivity index (χ0) is 20.0. The van der Waals surface area contributed by atoms with Gasteiger partial charge in [0, 0.05) is 6.61 Å². The molecule has 0 aromatic heterocycles. The fourth-order valence-corrected chi connectivity index (χ4v) is 3.97. The van der Waals surface area contributed by atoms with Gasteiger partial charge in [-0.3, -0.25) is 0 Å². The molecular formula is C25H42O3. The lowest BCUT2D eigenvalue weighted by Gasteiger charge is -2.28. The molecule has 1 fully saturated rings. The second kappa shape index (κ2) is 14.1. The summed E-state index contributed by atoms with van der Waals surface area (Å²) in [6.45, 7) is 5.27. The van der Waals surface area contributed by atoms with Crippen LogP contribution < -0.4 is 0 Å². The molecule has 2 rings (SSSR count). The summed E-state index contributed by atoms with van der Waals surface area (Å²) in [6.07, 6.45) is 14.5. The molecule has 0 spiro atoms. The van der Waals surface area contributed by atoms with E-state index in [4.69, 9.17) is 9.47 Å². The van der Waals surface area contributed by atoms with Crippen LogP contribution in [0.3, 0.4) is 0 Å². The Balaban J connectivity index is 1.99. The van der Waals surface area contributed by atoms with Gasteiger partial charge in [-0.25, -0.2) is 0 Å². The molecule has 1 aliphatic rings. The monoisotopic (exact) mass is 390 g/mol. The Morgan fingerprint density at radius 2 is 1.68 bits per heavy atom. The lowest BCUT2D eigenvalue weighted by atomic mass is 9.96. The number of hydrogen-bond acceptors (Lipinski definition) is 3. The molecule has 1 aliphatic heterocycles. The number of benzene rings is 1. The highest BCUT2D eigenvalue weighted by Gasteiger charge is 2.22. The first-order valence-corrected chi connectivity index (χ1v) is 11.8. The SMILES string of the molecule is CCCCCCC(O)c1cccc(C(CCCCCC)OC2CCCCO2)c1. The van der Waals surface area contributed by atoms with Crippen LogP contribution in [-0.4, -0.2) is 18.0 Å². The largest absolute Gasteiger partial charge is 0.388 e. The lowest BCUT2D eigenvalue weighted by Crippen LogP contribution is -2.24. The molecule has 1 aromatic rings. The predicted molar refractivity (Wildman–Crippen MR) is 116 cm³/mol. The highest BCUT2D eigenvalue weighted by molar-refractivity contribution is 5.27. The Bertz CT molecular complexity index is 510. The van der Waals surface area contributed by atoms with Crippen molar-refractivity contribution in [2.75, 3.05) is 6.61 Å². The van der Waals surface area contributed by atoms with Gasteiger partial charge >= 0.3 is 0 Å². The highest BCUT2D eigenvalue weighted by Crippen LogP contribution is 2.31. The molecule has 0 saturated carbocycles. The molecule has 0 radical (unpaired) electrons. The average molecular weight is 391 g/mol. The van der Waals surface area contributed by atoms with Crippen LogP contribution in [0.5, 0.6) is 0 Å². The van der Waals surface area contributed by atoms with Gasteiger partial charge in [0.15, 0.2) is 6.29 Å². The molecule has 0 aliphatic carbocycles. The predicted octanol–water partition coefficient (Wildman–Crippen LogP) is 7.25. The number of unbranched alkanes of at least 4 members (excludes halogenated alkanes) is 6. The van der Waals surface area contributed by atoms with E-state index in [0.717, 1.165) is 44.3 Å². The average Bonchev–Trinajstić information content (AvgIpc) is 2.74. The van der Waals surface area contributed by atoms with Crippen LogP contribution in [0.4, 0.5) is 0 Å². The van der Waals surface area contributed by atoms with E-state index >= 15 is 0 Å². The molecule has 0 amide bonds. The van der Waals surface area contributed by atoms with E-state index in [2.05, 4.69) is 38.1 Å². The number of rotatable bonds is 14. The number of aliphatic hydroxyl groups is 1. The van der Waals surface area contributed by atoms with Gasteiger partial charge in [-0.15, -0.1) is 0 Å². The van der Waals surface area contributed by atoms with Gasteiger partial charge in [0.05, 0.1) is 12.2 Å². The standard InChI is InChI=1S/C25H42O3/c1-3-5-7-9-16-23(26)21-14-13-15-22(20-21)24(17-10-8-6-4-2)28-25-18-11-12-19-27-25/h13-15,20,23-26H,3-12,16-19H2,1-2H3. The fraction of sp³-hybridized carbons (Fsp3) is 0.760.